The summed E-state index contributed by atoms with van der Waals surface area (Å²) in [6, 6.07) is 9.49. The van der Waals surface area contributed by atoms with Crippen molar-refractivity contribution in [3.05, 3.63) is 63.4 Å². The van der Waals surface area contributed by atoms with Gasteiger partial charge in [-0.05, 0) is 55.3 Å². The Kier molecular flexibility index (Phi) is 4.00. The van der Waals surface area contributed by atoms with Crippen LogP contribution in [0.3, 0.4) is 0 Å². The average molecular weight is 322 g/mol. The Morgan fingerprint density at radius 3 is 2.37 bits per heavy atom. The fourth-order valence-corrected chi connectivity index (χ4v) is 2.61. The summed E-state index contributed by atoms with van der Waals surface area (Å²) >= 11 is 3.41. The molecule has 0 spiro atoms. The maximum atomic E-state index is 13.1. The molecule has 0 saturated carbocycles. The van der Waals surface area contributed by atoms with Gasteiger partial charge in [0.25, 0.3) is 5.91 Å². The molecular formula is C15H13BrFNO. The lowest BCUT2D eigenvalue weighted by molar-refractivity contribution is 0.102. The number of aryl methyl sites for hydroxylation is 2. The molecular weight excluding hydrogens is 309 g/mol. The van der Waals surface area contributed by atoms with Crippen LogP contribution in [-0.4, -0.2) is 5.91 Å². The van der Waals surface area contributed by atoms with Crippen molar-refractivity contribution in [2.45, 2.75) is 13.8 Å². The van der Waals surface area contributed by atoms with Crippen LogP contribution >= 0.6 is 15.9 Å². The van der Waals surface area contributed by atoms with E-state index in [0.29, 0.717) is 5.56 Å². The zero-order valence-corrected chi connectivity index (χ0v) is 12.2. The summed E-state index contributed by atoms with van der Waals surface area (Å²) < 4.78 is 14.1. The Hall–Kier alpha value is -1.68. The first kappa shape index (κ1) is 13.7. The van der Waals surface area contributed by atoms with Gasteiger partial charge in [-0.2, -0.15) is 0 Å². The topological polar surface area (TPSA) is 29.1 Å². The lowest BCUT2D eigenvalue weighted by Crippen LogP contribution is -2.14. The molecule has 0 aromatic heterocycles. The zero-order valence-electron chi connectivity index (χ0n) is 10.6. The highest BCUT2D eigenvalue weighted by Gasteiger charge is 2.11. The normalized spacial score (nSPS) is 10.3. The molecule has 2 aromatic carbocycles. The van der Waals surface area contributed by atoms with Gasteiger partial charge >= 0.3 is 0 Å². The van der Waals surface area contributed by atoms with E-state index in [1.54, 1.807) is 6.07 Å². The SMILES string of the molecule is Cc1cc(Br)cc(C)c1NC(=O)c1cccc(F)c1. The summed E-state index contributed by atoms with van der Waals surface area (Å²) in [4.78, 5) is 12.1. The molecule has 0 aliphatic carbocycles. The number of rotatable bonds is 2. The van der Waals surface area contributed by atoms with Gasteiger partial charge in [-0.15, -0.1) is 0 Å². The van der Waals surface area contributed by atoms with Gasteiger partial charge in [-0.3, -0.25) is 4.79 Å². The molecule has 0 bridgehead atoms. The highest BCUT2D eigenvalue weighted by Crippen LogP contribution is 2.25. The molecule has 2 nitrogen and oxygen atoms in total. The fraction of sp³-hybridized carbons (Fsp3) is 0.133. The number of nitrogens with one attached hydrogen (secondary N) is 1. The average Bonchev–Trinajstić information content (AvgIpc) is 2.33. The second-order valence-corrected chi connectivity index (χ2v) is 5.29. The highest BCUT2D eigenvalue weighted by molar-refractivity contribution is 9.10. The van der Waals surface area contributed by atoms with Crippen LogP contribution in [0.4, 0.5) is 10.1 Å². The third kappa shape index (κ3) is 3.20. The van der Waals surface area contributed by atoms with Crippen molar-refractivity contribution in [1.82, 2.24) is 0 Å². The molecule has 4 heteroatoms. The van der Waals surface area contributed by atoms with E-state index in [1.165, 1.54) is 18.2 Å². The Morgan fingerprint density at radius 1 is 1.16 bits per heavy atom. The van der Waals surface area contributed by atoms with E-state index in [9.17, 15) is 9.18 Å². The molecule has 0 heterocycles. The molecule has 1 N–H and O–H groups in total. The standard InChI is InChI=1S/C15H13BrFNO/c1-9-6-12(16)7-10(2)14(9)18-15(19)11-4-3-5-13(17)8-11/h3-8H,1-2H3,(H,18,19). The van der Waals surface area contributed by atoms with E-state index < -0.39 is 5.82 Å². The second-order valence-electron chi connectivity index (χ2n) is 4.38. The van der Waals surface area contributed by atoms with Gasteiger partial charge in [0.15, 0.2) is 0 Å². The third-order valence-electron chi connectivity index (χ3n) is 2.82. The van der Waals surface area contributed by atoms with Crippen molar-refractivity contribution in [2.24, 2.45) is 0 Å². The molecule has 98 valence electrons. The van der Waals surface area contributed by atoms with Crippen molar-refractivity contribution in [3.8, 4) is 0 Å². The maximum Gasteiger partial charge on any atom is 0.255 e. The Balaban J connectivity index is 2.29. The molecule has 0 atom stereocenters. The van der Waals surface area contributed by atoms with Crippen LogP contribution < -0.4 is 5.32 Å². The van der Waals surface area contributed by atoms with E-state index in [-0.39, 0.29) is 5.91 Å². The minimum atomic E-state index is -0.420. The molecule has 0 aliphatic heterocycles. The van der Waals surface area contributed by atoms with Crippen LogP contribution in [0.15, 0.2) is 40.9 Å². The quantitative estimate of drug-likeness (QED) is 0.869. The molecule has 0 aliphatic rings. The number of hydrogen-bond donors (Lipinski definition) is 1. The summed E-state index contributed by atoms with van der Waals surface area (Å²) in [7, 11) is 0. The second kappa shape index (κ2) is 5.53. The minimum absolute atomic E-state index is 0.307. The van der Waals surface area contributed by atoms with Crippen molar-refractivity contribution in [3.63, 3.8) is 0 Å². The molecule has 2 rings (SSSR count). The number of carbonyl (C=O) groups is 1. The van der Waals surface area contributed by atoms with Crippen LogP contribution in [0.2, 0.25) is 0 Å². The molecule has 0 radical (unpaired) electrons. The largest absolute Gasteiger partial charge is 0.322 e. The summed E-state index contributed by atoms with van der Waals surface area (Å²) in [5, 5.41) is 2.82. The van der Waals surface area contributed by atoms with Gasteiger partial charge in [0.2, 0.25) is 0 Å². The van der Waals surface area contributed by atoms with Gasteiger partial charge in [-0.1, -0.05) is 22.0 Å². The first-order valence-corrected chi connectivity index (χ1v) is 6.60. The van der Waals surface area contributed by atoms with E-state index >= 15 is 0 Å². The van der Waals surface area contributed by atoms with Gasteiger partial charge in [0, 0.05) is 15.7 Å². The smallest absolute Gasteiger partial charge is 0.255 e. The predicted molar refractivity (Wildman–Crippen MR) is 78.0 cm³/mol. The monoisotopic (exact) mass is 321 g/mol. The lowest BCUT2D eigenvalue weighted by atomic mass is 10.1. The van der Waals surface area contributed by atoms with Crippen molar-refractivity contribution < 1.29 is 9.18 Å². The summed E-state index contributed by atoms with van der Waals surface area (Å²) in [6.07, 6.45) is 0. The first-order valence-electron chi connectivity index (χ1n) is 5.81. The molecule has 0 saturated heterocycles. The van der Waals surface area contributed by atoms with Gasteiger partial charge < -0.3 is 5.32 Å². The summed E-state index contributed by atoms with van der Waals surface area (Å²) in [6.45, 7) is 3.83. The van der Waals surface area contributed by atoms with Crippen LogP contribution in [0.5, 0.6) is 0 Å². The predicted octanol–water partition coefficient (Wildman–Crippen LogP) is 4.46. The zero-order chi connectivity index (χ0) is 14.0. The van der Waals surface area contributed by atoms with Crippen LogP contribution in [0, 0.1) is 19.7 Å². The molecule has 0 fully saturated rings. The minimum Gasteiger partial charge on any atom is -0.322 e. The molecule has 2 aromatic rings. The van der Waals surface area contributed by atoms with Crippen molar-refractivity contribution >= 4 is 27.5 Å². The lowest BCUT2D eigenvalue weighted by Gasteiger charge is -2.12. The molecule has 0 unspecified atom stereocenters. The van der Waals surface area contributed by atoms with E-state index in [0.717, 1.165) is 21.3 Å². The van der Waals surface area contributed by atoms with Gasteiger partial charge in [0.1, 0.15) is 5.82 Å². The Morgan fingerprint density at radius 2 is 1.79 bits per heavy atom. The Labute approximate surface area is 119 Å². The molecule has 1 amide bonds. The number of carbonyl (C=O) groups excluding carboxylic acids is 1. The van der Waals surface area contributed by atoms with Crippen LogP contribution in [0.25, 0.3) is 0 Å². The van der Waals surface area contributed by atoms with E-state index in [4.69, 9.17) is 0 Å². The third-order valence-corrected chi connectivity index (χ3v) is 3.28. The van der Waals surface area contributed by atoms with Crippen molar-refractivity contribution in [2.75, 3.05) is 5.32 Å². The number of halogens is 2. The van der Waals surface area contributed by atoms with Crippen LogP contribution in [-0.2, 0) is 0 Å². The van der Waals surface area contributed by atoms with E-state index in [1.807, 2.05) is 26.0 Å². The molecule has 19 heavy (non-hydrogen) atoms. The highest BCUT2D eigenvalue weighted by atomic mass is 79.9. The summed E-state index contributed by atoms with van der Waals surface area (Å²) in [5.41, 5.74) is 2.98. The number of hydrogen-bond acceptors (Lipinski definition) is 1. The van der Waals surface area contributed by atoms with Gasteiger partial charge in [-0.25, -0.2) is 4.39 Å². The summed E-state index contributed by atoms with van der Waals surface area (Å²) in [5.74, 6) is -0.732. The maximum absolute atomic E-state index is 13.1. The number of amides is 1. The van der Waals surface area contributed by atoms with Crippen molar-refractivity contribution in [1.29, 1.82) is 0 Å². The number of benzene rings is 2. The number of anilines is 1. The first-order chi connectivity index (χ1) is 8.97. The fourth-order valence-electron chi connectivity index (χ4n) is 1.92. The Bertz CT molecular complexity index is 617. The van der Waals surface area contributed by atoms with Gasteiger partial charge in [0.05, 0.1) is 0 Å². The van der Waals surface area contributed by atoms with E-state index in [2.05, 4.69) is 21.2 Å². The van der Waals surface area contributed by atoms with Crippen LogP contribution in [0.1, 0.15) is 21.5 Å².